The van der Waals surface area contributed by atoms with Gasteiger partial charge in [-0.2, -0.15) is 8.78 Å². The average Bonchev–Trinajstić information content (AvgIpc) is 2.38. The van der Waals surface area contributed by atoms with Crippen molar-refractivity contribution in [3.8, 4) is 0 Å². The number of ether oxygens (including phenoxy) is 1. The van der Waals surface area contributed by atoms with E-state index < -0.39 is 5.76 Å². The van der Waals surface area contributed by atoms with Crippen LogP contribution in [0.3, 0.4) is 0 Å². The van der Waals surface area contributed by atoms with Crippen molar-refractivity contribution in [3.63, 3.8) is 0 Å². The lowest BCUT2D eigenvalue weighted by Crippen LogP contribution is -2.24. The zero-order valence-electron chi connectivity index (χ0n) is 10.1. The maximum Gasteiger partial charge on any atom is 0.288 e. The summed E-state index contributed by atoms with van der Waals surface area (Å²) in [5.74, 6) is -1.81. The smallest absolute Gasteiger partial charge is 0.288 e. The van der Waals surface area contributed by atoms with Crippen LogP contribution in [0.5, 0.6) is 0 Å². The molecule has 1 N–H and O–H groups in total. The van der Waals surface area contributed by atoms with Crippen molar-refractivity contribution >= 4 is 17.4 Å². The number of anilines is 1. The molecule has 1 atom stereocenters. The van der Waals surface area contributed by atoms with E-state index in [-0.39, 0.29) is 0 Å². The predicted octanol–water partition coefficient (Wildman–Crippen LogP) is 3.84. The van der Waals surface area contributed by atoms with Gasteiger partial charge in [-0.15, -0.1) is 0 Å². The van der Waals surface area contributed by atoms with Gasteiger partial charge in [0.25, 0.3) is 5.76 Å². The second kappa shape index (κ2) is 6.95. The first-order valence-electron chi connectivity index (χ1n) is 6.10. The lowest BCUT2D eigenvalue weighted by Gasteiger charge is -2.22. The molecule has 0 aliphatic carbocycles. The highest BCUT2D eigenvalue weighted by Gasteiger charge is 2.13. The third-order valence-corrected chi connectivity index (χ3v) is 3.65. The van der Waals surface area contributed by atoms with Gasteiger partial charge in [-0.05, 0) is 43.0 Å². The summed E-state index contributed by atoms with van der Waals surface area (Å²) in [4.78, 5) is 0.594. The van der Waals surface area contributed by atoms with Crippen LogP contribution in [-0.4, -0.2) is 25.5 Å². The van der Waals surface area contributed by atoms with Gasteiger partial charge in [0.05, 0.1) is 6.61 Å². The number of alkyl halides is 2. The van der Waals surface area contributed by atoms with Gasteiger partial charge in [-0.3, -0.25) is 0 Å². The molecule has 2 nitrogen and oxygen atoms in total. The van der Waals surface area contributed by atoms with Gasteiger partial charge in [0.1, 0.15) is 0 Å². The fraction of sp³-hybridized carbons (Fsp3) is 0.538. The number of thioether (sulfide) groups is 1. The van der Waals surface area contributed by atoms with Crippen molar-refractivity contribution in [2.75, 3.05) is 25.1 Å². The molecule has 5 heteroatoms. The third-order valence-electron chi connectivity index (χ3n) is 2.93. The Labute approximate surface area is 110 Å². The Bertz CT molecular complexity index is 353. The van der Waals surface area contributed by atoms with Crippen LogP contribution >= 0.6 is 11.8 Å². The summed E-state index contributed by atoms with van der Waals surface area (Å²) >= 11 is 0.572. The molecular weight excluding hydrogens is 256 g/mol. The lowest BCUT2D eigenvalue weighted by atomic mass is 10.0. The quantitative estimate of drug-likeness (QED) is 0.824. The topological polar surface area (TPSA) is 21.3 Å². The van der Waals surface area contributed by atoms with Crippen LogP contribution in [0.25, 0.3) is 0 Å². The van der Waals surface area contributed by atoms with E-state index in [1.54, 1.807) is 12.1 Å². The van der Waals surface area contributed by atoms with E-state index in [2.05, 4.69) is 5.32 Å². The Kier molecular flexibility index (Phi) is 5.26. The summed E-state index contributed by atoms with van der Waals surface area (Å²) in [5.41, 5.74) is 0.971. The number of hydrogen-bond acceptors (Lipinski definition) is 3. The summed E-state index contributed by atoms with van der Waals surface area (Å²) in [6, 6.07) is 7.12. The molecule has 0 spiro atoms. The molecule has 1 saturated heterocycles. The lowest BCUT2D eigenvalue weighted by molar-refractivity contribution is 0.0595. The Balaban J connectivity index is 1.78. The van der Waals surface area contributed by atoms with Crippen molar-refractivity contribution in [1.29, 1.82) is 0 Å². The molecule has 1 aromatic carbocycles. The van der Waals surface area contributed by atoms with Crippen LogP contribution in [0.4, 0.5) is 14.5 Å². The summed E-state index contributed by atoms with van der Waals surface area (Å²) < 4.78 is 29.7. The van der Waals surface area contributed by atoms with Gasteiger partial charge < -0.3 is 10.1 Å². The number of benzene rings is 1. The zero-order valence-corrected chi connectivity index (χ0v) is 10.9. The third kappa shape index (κ3) is 4.46. The standard InChI is InChI=1S/C13H17F2NOS/c14-13(15)18-12-5-3-11(4-6-12)16-8-10-2-1-7-17-9-10/h3-6,10,13,16H,1-2,7-9H2. The predicted molar refractivity (Wildman–Crippen MR) is 70.3 cm³/mol. The Morgan fingerprint density at radius 2 is 2.11 bits per heavy atom. The molecule has 100 valence electrons. The molecule has 0 radical (unpaired) electrons. The van der Waals surface area contributed by atoms with E-state index in [1.807, 2.05) is 12.1 Å². The minimum Gasteiger partial charge on any atom is -0.385 e. The van der Waals surface area contributed by atoms with Crippen molar-refractivity contribution in [1.82, 2.24) is 0 Å². The molecule has 0 bridgehead atoms. The molecule has 1 aromatic rings. The van der Waals surface area contributed by atoms with Crippen LogP contribution in [0.1, 0.15) is 12.8 Å². The number of nitrogens with one attached hydrogen (secondary N) is 1. The molecule has 1 aliphatic heterocycles. The van der Waals surface area contributed by atoms with Gasteiger partial charge in [-0.25, -0.2) is 0 Å². The molecule has 18 heavy (non-hydrogen) atoms. The number of hydrogen-bond donors (Lipinski definition) is 1. The first-order chi connectivity index (χ1) is 8.74. The summed E-state index contributed by atoms with van der Waals surface area (Å²) in [5, 5.41) is 3.32. The van der Waals surface area contributed by atoms with Crippen molar-refractivity contribution in [3.05, 3.63) is 24.3 Å². The SMILES string of the molecule is FC(F)Sc1ccc(NCC2CCCOC2)cc1. The maximum absolute atomic E-state index is 12.1. The highest BCUT2D eigenvalue weighted by Crippen LogP contribution is 2.26. The highest BCUT2D eigenvalue weighted by molar-refractivity contribution is 7.99. The molecule has 1 aliphatic rings. The number of rotatable bonds is 5. The van der Waals surface area contributed by atoms with E-state index in [4.69, 9.17) is 4.74 Å². The van der Waals surface area contributed by atoms with Crippen molar-refractivity contribution in [2.45, 2.75) is 23.5 Å². The van der Waals surface area contributed by atoms with E-state index in [0.717, 1.165) is 31.9 Å². The highest BCUT2D eigenvalue weighted by atomic mass is 32.2. The largest absolute Gasteiger partial charge is 0.385 e. The van der Waals surface area contributed by atoms with Gasteiger partial charge in [-0.1, -0.05) is 11.8 Å². The molecule has 1 unspecified atom stereocenters. The molecule has 0 aromatic heterocycles. The molecule has 1 heterocycles. The number of halogens is 2. The molecule has 0 saturated carbocycles. The van der Waals surface area contributed by atoms with E-state index in [9.17, 15) is 8.78 Å². The van der Waals surface area contributed by atoms with Gasteiger partial charge in [0.2, 0.25) is 0 Å². The average molecular weight is 273 g/mol. The first kappa shape index (κ1) is 13.6. The van der Waals surface area contributed by atoms with E-state index in [0.29, 0.717) is 22.6 Å². The fourth-order valence-corrected chi connectivity index (χ4v) is 2.48. The molecule has 1 fully saturated rings. The van der Waals surface area contributed by atoms with Crippen LogP contribution < -0.4 is 5.32 Å². The van der Waals surface area contributed by atoms with Gasteiger partial charge in [0, 0.05) is 23.7 Å². The van der Waals surface area contributed by atoms with Gasteiger partial charge in [0.15, 0.2) is 0 Å². The van der Waals surface area contributed by atoms with Gasteiger partial charge >= 0.3 is 0 Å². The van der Waals surface area contributed by atoms with Crippen LogP contribution in [0.2, 0.25) is 0 Å². The second-order valence-electron chi connectivity index (χ2n) is 4.37. The zero-order chi connectivity index (χ0) is 12.8. The van der Waals surface area contributed by atoms with Crippen LogP contribution in [0, 0.1) is 5.92 Å². The Morgan fingerprint density at radius 1 is 1.33 bits per heavy atom. The van der Waals surface area contributed by atoms with E-state index in [1.165, 1.54) is 6.42 Å². The maximum atomic E-state index is 12.1. The minimum atomic E-state index is -2.36. The summed E-state index contributed by atoms with van der Waals surface area (Å²) in [6.45, 7) is 2.56. The van der Waals surface area contributed by atoms with Crippen LogP contribution in [-0.2, 0) is 4.74 Å². The minimum absolute atomic E-state index is 0.550. The summed E-state index contributed by atoms with van der Waals surface area (Å²) in [7, 11) is 0. The fourth-order valence-electron chi connectivity index (χ4n) is 1.98. The van der Waals surface area contributed by atoms with Crippen LogP contribution in [0.15, 0.2) is 29.2 Å². The Morgan fingerprint density at radius 3 is 2.72 bits per heavy atom. The normalized spacial score (nSPS) is 20.1. The molecule has 0 amide bonds. The van der Waals surface area contributed by atoms with E-state index >= 15 is 0 Å². The molecular formula is C13H17F2NOS. The summed E-state index contributed by atoms with van der Waals surface area (Å²) in [6.07, 6.45) is 2.31. The monoisotopic (exact) mass is 273 g/mol. The Hall–Kier alpha value is -0.810. The van der Waals surface area contributed by atoms with Crippen molar-refractivity contribution < 1.29 is 13.5 Å². The molecule has 2 rings (SSSR count). The van der Waals surface area contributed by atoms with Crippen molar-refractivity contribution in [2.24, 2.45) is 5.92 Å². The second-order valence-corrected chi connectivity index (χ2v) is 5.43. The first-order valence-corrected chi connectivity index (χ1v) is 6.98.